The van der Waals surface area contributed by atoms with E-state index in [1.807, 2.05) is 20.8 Å². The zero-order chi connectivity index (χ0) is 13.1. The van der Waals surface area contributed by atoms with Crippen molar-refractivity contribution in [1.82, 2.24) is 10.3 Å². The van der Waals surface area contributed by atoms with E-state index in [0.29, 0.717) is 6.04 Å². The lowest BCUT2D eigenvalue weighted by atomic mass is 10.0. The van der Waals surface area contributed by atoms with Crippen LogP contribution in [-0.4, -0.2) is 41.9 Å². The number of amides is 1. The van der Waals surface area contributed by atoms with Crippen LogP contribution in [0.1, 0.15) is 40.5 Å². The number of hydrazone groups is 1. The average Bonchev–Trinajstić information content (AvgIpc) is 2.17. The van der Waals surface area contributed by atoms with Crippen molar-refractivity contribution in [2.24, 2.45) is 5.10 Å². The maximum Gasteiger partial charge on any atom is 0.428 e. The first kappa shape index (κ1) is 14.0. The molecular formula is C12H23N3O2. The van der Waals surface area contributed by atoms with E-state index in [0.717, 1.165) is 25.1 Å². The lowest BCUT2D eigenvalue weighted by molar-refractivity contribution is 0.0528. The topological polar surface area (TPSA) is 53.9 Å². The zero-order valence-electron chi connectivity index (χ0n) is 11.4. The van der Waals surface area contributed by atoms with Gasteiger partial charge in [0.2, 0.25) is 0 Å². The van der Waals surface area contributed by atoms with Crippen molar-refractivity contribution in [3.63, 3.8) is 0 Å². The number of nitrogens with zero attached hydrogens (tertiary/aromatic N) is 2. The van der Waals surface area contributed by atoms with E-state index in [1.54, 1.807) is 0 Å². The predicted molar refractivity (Wildman–Crippen MR) is 68.1 cm³/mol. The molecule has 0 bridgehead atoms. The fraction of sp³-hybridized carbons (Fsp3) is 0.833. The number of nitrogens with one attached hydrogen (secondary N) is 1. The van der Waals surface area contributed by atoms with Gasteiger partial charge in [-0.05, 0) is 34.7 Å². The van der Waals surface area contributed by atoms with E-state index in [1.165, 1.54) is 0 Å². The van der Waals surface area contributed by atoms with E-state index >= 15 is 0 Å². The molecule has 0 aromatic heterocycles. The first-order chi connectivity index (χ1) is 7.78. The summed E-state index contributed by atoms with van der Waals surface area (Å²) in [5, 5.41) is 4.12. The van der Waals surface area contributed by atoms with Crippen LogP contribution in [-0.2, 0) is 4.74 Å². The Balaban J connectivity index is 2.41. The standard InChI is InChI=1S/C12H23N3O2/c1-9-8-10(6-7-15(9)5)13-14-11(16)17-12(2,3)4/h9H,6-8H2,1-5H3,(H,14,16). The molecule has 1 aliphatic rings. The molecule has 0 aliphatic carbocycles. The van der Waals surface area contributed by atoms with Crippen LogP contribution in [0.15, 0.2) is 5.10 Å². The third-order valence-corrected chi connectivity index (χ3v) is 2.74. The number of rotatable bonds is 1. The summed E-state index contributed by atoms with van der Waals surface area (Å²) in [4.78, 5) is 13.7. The third kappa shape index (κ3) is 5.17. The SMILES string of the molecule is CC1CC(=NNC(=O)OC(C)(C)C)CCN1C. The van der Waals surface area contributed by atoms with E-state index in [4.69, 9.17) is 4.74 Å². The molecule has 1 N–H and O–H groups in total. The second-order valence-electron chi connectivity index (χ2n) is 5.58. The Morgan fingerprint density at radius 2 is 2.18 bits per heavy atom. The van der Waals surface area contributed by atoms with Gasteiger partial charge in [0, 0.05) is 31.1 Å². The molecule has 1 rings (SSSR count). The van der Waals surface area contributed by atoms with Gasteiger partial charge in [0.05, 0.1) is 0 Å². The molecule has 0 aromatic rings. The van der Waals surface area contributed by atoms with Crippen molar-refractivity contribution in [1.29, 1.82) is 0 Å². The number of hydrogen-bond donors (Lipinski definition) is 1. The summed E-state index contributed by atoms with van der Waals surface area (Å²) in [5.74, 6) is 0. The second-order valence-corrected chi connectivity index (χ2v) is 5.58. The van der Waals surface area contributed by atoms with Crippen molar-refractivity contribution in [2.45, 2.75) is 52.2 Å². The van der Waals surface area contributed by atoms with Crippen molar-refractivity contribution in [3.8, 4) is 0 Å². The van der Waals surface area contributed by atoms with E-state index in [-0.39, 0.29) is 0 Å². The van der Waals surface area contributed by atoms with Crippen LogP contribution >= 0.6 is 0 Å². The quantitative estimate of drug-likeness (QED) is 0.714. The summed E-state index contributed by atoms with van der Waals surface area (Å²) < 4.78 is 5.11. The highest BCUT2D eigenvalue weighted by molar-refractivity contribution is 5.86. The molecule has 0 saturated carbocycles. The van der Waals surface area contributed by atoms with Gasteiger partial charge in [-0.2, -0.15) is 5.10 Å². The van der Waals surface area contributed by atoms with Gasteiger partial charge in [0.15, 0.2) is 0 Å². The molecule has 0 spiro atoms. The molecule has 5 heteroatoms. The molecular weight excluding hydrogens is 218 g/mol. The second kappa shape index (κ2) is 5.49. The summed E-state index contributed by atoms with van der Waals surface area (Å²) in [6.45, 7) is 8.63. The number of likely N-dealkylation sites (tertiary alicyclic amines) is 1. The van der Waals surface area contributed by atoms with Gasteiger partial charge < -0.3 is 9.64 Å². The fourth-order valence-electron chi connectivity index (χ4n) is 1.65. The number of ether oxygens (including phenoxy) is 1. The van der Waals surface area contributed by atoms with E-state index in [2.05, 4.69) is 29.4 Å². The fourth-order valence-corrected chi connectivity index (χ4v) is 1.65. The van der Waals surface area contributed by atoms with E-state index in [9.17, 15) is 4.79 Å². The maximum absolute atomic E-state index is 11.4. The lowest BCUT2D eigenvalue weighted by Crippen LogP contribution is -2.39. The lowest BCUT2D eigenvalue weighted by Gasteiger charge is -2.30. The summed E-state index contributed by atoms with van der Waals surface area (Å²) in [7, 11) is 2.10. The summed E-state index contributed by atoms with van der Waals surface area (Å²) in [5.41, 5.74) is 3.00. The molecule has 0 aromatic carbocycles. The Bertz CT molecular complexity index is 307. The van der Waals surface area contributed by atoms with Gasteiger partial charge in [0.1, 0.15) is 5.60 Å². The monoisotopic (exact) mass is 241 g/mol. The molecule has 1 heterocycles. The smallest absolute Gasteiger partial charge is 0.428 e. The summed E-state index contributed by atoms with van der Waals surface area (Å²) in [6, 6.07) is 0.475. The first-order valence-electron chi connectivity index (χ1n) is 6.02. The molecule has 1 saturated heterocycles. The van der Waals surface area contributed by atoms with Gasteiger partial charge in [-0.15, -0.1) is 0 Å². The number of hydrogen-bond acceptors (Lipinski definition) is 4. The molecule has 5 nitrogen and oxygen atoms in total. The Labute approximate surface area is 103 Å². The molecule has 98 valence electrons. The van der Waals surface area contributed by atoms with Crippen LogP contribution in [0.25, 0.3) is 0 Å². The summed E-state index contributed by atoms with van der Waals surface area (Å²) in [6.07, 6.45) is 1.31. The van der Waals surface area contributed by atoms with Crippen molar-refractivity contribution in [2.75, 3.05) is 13.6 Å². The zero-order valence-corrected chi connectivity index (χ0v) is 11.4. The minimum atomic E-state index is -0.489. The molecule has 0 radical (unpaired) electrons. The van der Waals surface area contributed by atoms with Crippen LogP contribution < -0.4 is 5.43 Å². The molecule has 1 atom stereocenters. The average molecular weight is 241 g/mol. The number of carbonyl (C=O) groups is 1. The molecule has 1 unspecified atom stereocenters. The van der Waals surface area contributed by atoms with Gasteiger partial charge in [-0.25, -0.2) is 10.2 Å². The van der Waals surface area contributed by atoms with Crippen LogP contribution in [0.3, 0.4) is 0 Å². The predicted octanol–water partition coefficient (Wildman–Crippen LogP) is 1.98. The number of carbonyl (C=O) groups excluding carboxylic acids is 1. The Hall–Kier alpha value is -1.10. The van der Waals surface area contributed by atoms with Crippen molar-refractivity contribution in [3.05, 3.63) is 0 Å². The van der Waals surface area contributed by atoms with Crippen LogP contribution in [0.5, 0.6) is 0 Å². The minimum Gasteiger partial charge on any atom is -0.443 e. The highest BCUT2D eigenvalue weighted by Crippen LogP contribution is 2.12. The minimum absolute atomic E-state index is 0.475. The molecule has 17 heavy (non-hydrogen) atoms. The van der Waals surface area contributed by atoms with Crippen LogP contribution in [0.2, 0.25) is 0 Å². The highest BCUT2D eigenvalue weighted by Gasteiger charge is 2.20. The van der Waals surface area contributed by atoms with Crippen LogP contribution in [0.4, 0.5) is 4.79 Å². The maximum atomic E-state index is 11.4. The van der Waals surface area contributed by atoms with Crippen LogP contribution in [0, 0.1) is 0 Å². The normalized spacial score (nSPS) is 24.8. The molecule has 1 aliphatic heterocycles. The van der Waals surface area contributed by atoms with Gasteiger partial charge >= 0.3 is 6.09 Å². The largest absolute Gasteiger partial charge is 0.443 e. The highest BCUT2D eigenvalue weighted by atomic mass is 16.6. The van der Waals surface area contributed by atoms with Gasteiger partial charge in [0.25, 0.3) is 0 Å². The van der Waals surface area contributed by atoms with Crippen molar-refractivity contribution >= 4 is 11.8 Å². The third-order valence-electron chi connectivity index (χ3n) is 2.74. The Kier molecular flexibility index (Phi) is 4.51. The van der Waals surface area contributed by atoms with E-state index < -0.39 is 11.7 Å². The Morgan fingerprint density at radius 1 is 1.53 bits per heavy atom. The first-order valence-corrected chi connectivity index (χ1v) is 6.02. The van der Waals surface area contributed by atoms with Gasteiger partial charge in [-0.3, -0.25) is 0 Å². The van der Waals surface area contributed by atoms with Crippen molar-refractivity contribution < 1.29 is 9.53 Å². The molecule has 1 amide bonds. The summed E-state index contributed by atoms with van der Waals surface area (Å²) >= 11 is 0. The Morgan fingerprint density at radius 3 is 2.71 bits per heavy atom. The number of piperidine rings is 1. The molecule has 1 fully saturated rings. The van der Waals surface area contributed by atoms with Gasteiger partial charge in [-0.1, -0.05) is 0 Å².